The standard InChI is InChI=1S/C9H12BrN.ClH/c1-11(2)7-8-5-3-4-6-9(8)10;/h3-6H,7H2,1-2H3;1H. The first-order valence-electron chi connectivity index (χ1n) is 3.58. The molecule has 0 N–H and O–H groups in total. The summed E-state index contributed by atoms with van der Waals surface area (Å²) in [5.41, 5.74) is 1.33. The second-order valence-electron chi connectivity index (χ2n) is 2.83. The predicted octanol–water partition coefficient (Wildman–Crippen LogP) is 2.93. The molecule has 0 aromatic heterocycles. The summed E-state index contributed by atoms with van der Waals surface area (Å²) in [6.45, 7) is 0.988. The van der Waals surface area contributed by atoms with Crippen molar-refractivity contribution in [2.45, 2.75) is 6.54 Å². The highest BCUT2D eigenvalue weighted by molar-refractivity contribution is 9.10. The molecular formula is C9H13BrClN. The lowest BCUT2D eigenvalue weighted by Gasteiger charge is -2.10. The number of halogens is 2. The highest BCUT2D eigenvalue weighted by atomic mass is 79.9. The van der Waals surface area contributed by atoms with Gasteiger partial charge in [-0.2, -0.15) is 0 Å². The maximum Gasteiger partial charge on any atom is 0.0238 e. The molecule has 1 rings (SSSR count). The minimum atomic E-state index is 0. The maximum absolute atomic E-state index is 3.50. The SMILES string of the molecule is CN(C)Cc1ccccc1Br.Cl. The Hall–Kier alpha value is -0.0500. The number of hydrogen-bond acceptors (Lipinski definition) is 1. The van der Waals surface area contributed by atoms with Crippen LogP contribution in [0, 0.1) is 0 Å². The van der Waals surface area contributed by atoms with Gasteiger partial charge in [-0.25, -0.2) is 0 Å². The lowest BCUT2D eigenvalue weighted by molar-refractivity contribution is 0.401. The van der Waals surface area contributed by atoms with Crippen molar-refractivity contribution in [3.05, 3.63) is 34.3 Å². The Morgan fingerprint density at radius 3 is 2.33 bits per heavy atom. The summed E-state index contributed by atoms with van der Waals surface area (Å²) in [5.74, 6) is 0. The molecule has 0 aliphatic heterocycles. The summed E-state index contributed by atoms with van der Waals surface area (Å²) in [7, 11) is 4.14. The van der Waals surface area contributed by atoms with E-state index in [9.17, 15) is 0 Å². The molecule has 0 saturated carbocycles. The van der Waals surface area contributed by atoms with E-state index in [0.717, 1.165) is 6.54 Å². The van der Waals surface area contributed by atoms with Gasteiger partial charge < -0.3 is 4.90 Å². The summed E-state index contributed by atoms with van der Waals surface area (Å²) >= 11 is 3.50. The third-order valence-electron chi connectivity index (χ3n) is 1.44. The van der Waals surface area contributed by atoms with E-state index < -0.39 is 0 Å². The number of hydrogen-bond donors (Lipinski definition) is 0. The molecule has 0 bridgehead atoms. The third-order valence-corrected chi connectivity index (χ3v) is 2.22. The van der Waals surface area contributed by atoms with Crippen molar-refractivity contribution in [1.29, 1.82) is 0 Å². The summed E-state index contributed by atoms with van der Waals surface area (Å²) in [5, 5.41) is 0. The average Bonchev–Trinajstić information content (AvgIpc) is 1.93. The number of benzene rings is 1. The Morgan fingerprint density at radius 1 is 1.25 bits per heavy atom. The Kier molecular flexibility index (Phi) is 5.55. The first kappa shape index (κ1) is 11.9. The molecule has 68 valence electrons. The molecule has 0 radical (unpaired) electrons. The van der Waals surface area contributed by atoms with Crippen molar-refractivity contribution in [1.82, 2.24) is 4.90 Å². The summed E-state index contributed by atoms with van der Waals surface area (Å²) in [6, 6.07) is 8.29. The minimum absolute atomic E-state index is 0. The van der Waals surface area contributed by atoms with Crippen LogP contribution >= 0.6 is 28.3 Å². The zero-order chi connectivity index (χ0) is 8.27. The van der Waals surface area contributed by atoms with E-state index in [2.05, 4.69) is 53.1 Å². The number of nitrogens with zero attached hydrogens (tertiary/aromatic N) is 1. The van der Waals surface area contributed by atoms with Crippen LogP contribution in [0.4, 0.5) is 0 Å². The van der Waals surface area contributed by atoms with Crippen LogP contribution in [0.5, 0.6) is 0 Å². The van der Waals surface area contributed by atoms with Crippen LogP contribution in [0.15, 0.2) is 28.7 Å². The van der Waals surface area contributed by atoms with Crippen molar-refractivity contribution < 1.29 is 0 Å². The predicted molar refractivity (Wildman–Crippen MR) is 58.8 cm³/mol. The molecule has 0 fully saturated rings. The fourth-order valence-electron chi connectivity index (χ4n) is 0.967. The van der Waals surface area contributed by atoms with Crippen LogP contribution in [-0.4, -0.2) is 19.0 Å². The van der Waals surface area contributed by atoms with E-state index in [1.807, 2.05) is 6.07 Å². The summed E-state index contributed by atoms with van der Waals surface area (Å²) in [6.07, 6.45) is 0. The normalized spacial score (nSPS) is 9.67. The van der Waals surface area contributed by atoms with Crippen LogP contribution in [0.2, 0.25) is 0 Å². The van der Waals surface area contributed by atoms with Crippen LogP contribution in [0.1, 0.15) is 5.56 Å². The summed E-state index contributed by atoms with van der Waals surface area (Å²) < 4.78 is 1.19. The van der Waals surface area contributed by atoms with Crippen LogP contribution < -0.4 is 0 Å². The molecule has 0 atom stereocenters. The Balaban J connectivity index is 0.00000121. The quantitative estimate of drug-likeness (QED) is 0.780. The van der Waals surface area contributed by atoms with E-state index >= 15 is 0 Å². The van der Waals surface area contributed by atoms with Gasteiger partial charge in [-0.05, 0) is 25.7 Å². The Labute approximate surface area is 88.3 Å². The molecule has 3 heteroatoms. The van der Waals surface area contributed by atoms with Crippen LogP contribution in [0.25, 0.3) is 0 Å². The van der Waals surface area contributed by atoms with Gasteiger partial charge in [-0.15, -0.1) is 12.4 Å². The van der Waals surface area contributed by atoms with Crippen molar-refractivity contribution in [3.63, 3.8) is 0 Å². The molecule has 0 heterocycles. The van der Waals surface area contributed by atoms with Gasteiger partial charge >= 0.3 is 0 Å². The molecule has 0 spiro atoms. The van der Waals surface area contributed by atoms with Crippen molar-refractivity contribution >= 4 is 28.3 Å². The summed E-state index contributed by atoms with van der Waals surface area (Å²) in [4.78, 5) is 2.15. The van der Waals surface area contributed by atoms with Gasteiger partial charge in [0.05, 0.1) is 0 Å². The van der Waals surface area contributed by atoms with E-state index in [0.29, 0.717) is 0 Å². The fourth-order valence-corrected chi connectivity index (χ4v) is 1.38. The van der Waals surface area contributed by atoms with Crippen molar-refractivity contribution in [2.24, 2.45) is 0 Å². The second kappa shape index (κ2) is 5.57. The molecule has 0 aliphatic carbocycles. The van der Waals surface area contributed by atoms with Crippen LogP contribution in [-0.2, 0) is 6.54 Å². The zero-order valence-electron chi connectivity index (χ0n) is 7.25. The van der Waals surface area contributed by atoms with Gasteiger partial charge in [0, 0.05) is 11.0 Å². The van der Waals surface area contributed by atoms with Gasteiger partial charge in [0.15, 0.2) is 0 Å². The minimum Gasteiger partial charge on any atom is -0.305 e. The molecular weight excluding hydrogens is 237 g/mol. The topological polar surface area (TPSA) is 3.24 Å². The van der Waals surface area contributed by atoms with Gasteiger partial charge in [0.25, 0.3) is 0 Å². The molecule has 1 nitrogen and oxygen atoms in total. The molecule has 0 aliphatic rings. The largest absolute Gasteiger partial charge is 0.305 e. The average molecular weight is 251 g/mol. The maximum atomic E-state index is 3.50. The zero-order valence-corrected chi connectivity index (χ0v) is 9.65. The molecule has 0 saturated heterocycles. The highest BCUT2D eigenvalue weighted by Crippen LogP contribution is 2.16. The van der Waals surface area contributed by atoms with Gasteiger partial charge in [-0.1, -0.05) is 34.1 Å². The number of rotatable bonds is 2. The molecule has 0 amide bonds. The van der Waals surface area contributed by atoms with Gasteiger partial charge in [0.2, 0.25) is 0 Å². The molecule has 12 heavy (non-hydrogen) atoms. The Morgan fingerprint density at radius 2 is 1.83 bits per heavy atom. The highest BCUT2D eigenvalue weighted by Gasteiger charge is 1.97. The molecule has 0 unspecified atom stereocenters. The van der Waals surface area contributed by atoms with Gasteiger partial charge in [-0.3, -0.25) is 0 Å². The van der Waals surface area contributed by atoms with Crippen molar-refractivity contribution in [3.8, 4) is 0 Å². The van der Waals surface area contributed by atoms with Crippen molar-refractivity contribution in [2.75, 3.05) is 14.1 Å². The lowest BCUT2D eigenvalue weighted by Crippen LogP contribution is -2.10. The van der Waals surface area contributed by atoms with E-state index in [1.165, 1.54) is 10.0 Å². The Bertz CT molecular complexity index is 238. The molecule has 1 aromatic carbocycles. The van der Waals surface area contributed by atoms with Gasteiger partial charge in [0.1, 0.15) is 0 Å². The smallest absolute Gasteiger partial charge is 0.0238 e. The third kappa shape index (κ3) is 3.57. The first-order valence-corrected chi connectivity index (χ1v) is 4.37. The first-order chi connectivity index (χ1) is 5.20. The van der Waals surface area contributed by atoms with E-state index in [1.54, 1.807) is 0 Å². The fraction of sp³-hybridized carbons (Fsp3) is 0.333. The monoisotopic (exact) mass is 249 g/mol. The molecule has 1 aromatic rings. The van der Waals surface area contributed by atoms with E-state index in [-0.39, 0.29) is 12.4 Å². The second-order valence-corrected chi connectivity index (χ2v) is 3.68. The van der Waals surface area contributed by atoms with Crippen LogP contribution in [0.3, 0.4) is 0 Å². The lowest BCUT2D eigenvalue weighted by atomic mass is 10.2. The van der Waals surface area contributed by atoms with E-state index in [4.69, 9.17) is 0 Å².